The minimum atomic E-state index is -0.629. The fraction of sp³-hybridized carbons (Fsp3) is 0.391. The zero-order valence-corrected chi connectivity index (χ0v) is 18.5. The van der Waals surface area contributed by atoms with E-state index in [1.165, 1.54) is 11.0 Å². The van der Waals surface area contributed by atoms with Crippen LogP contribution in [0.4, 0.5) is 20.6 Å². The van der Waals surface area contributed by atoms with Crippen LogP contribution < -0.4 is 15.1 Å². The number of Topliss-reactive ketones (excluding diaryl/α,β-unsaturated/α-hetero) is 1. The summed E-state index contributed by atoms with van der Waals surface area (Å²) in [5.41, 5.74) is 10.0. The summed E-state index contributed by atoms with van der Waals surface area (Å²) >= 11 is 0. The summed E-state index contributed by atoms with van der Waals surface area (Å²) in [7, 11) is 0. The SMILES string of the molecule is [N-]=[N+]=NC[C@H]1CN(c2ccc(N3CCNCC3C(=O)COCc3ccccc3)c(F)c2)C(=O)O1. The van der Waals surface area contributed by atoms with Crippen LogP contribution in [-0.2, 0) is 20.9 Å². The van der Waals surface area contributed by atoms with Crippen LogP contribution in [0.2, 0.25) is 0 Å². The molecule has 2 heterocycles. The van der Waals surface area contributed by atoms with Gasteiger partial charge in [-0.1, -0.05) is 35.4 Å². The number of benzene rings is 2. The van der Waals surface area contributed by atoms with Crippen LogP contribution in [0.15, 0.2) is 53.6 Å². The summed E-state index contributed by atoms with van der Waals surface area (Å²) in [6.45, 7) is 1.85. The van der Waals surface area contributed by atoms with Crippen molar-refractivity contribution in [3.63, 3.8) is 0 Å². The van der Waals surface area contributed by atoms with Crippen molar-refractivity contribution >= 4 is 23.3 Å². The average Bonchev–Trinajstić information content (AvgIpc) is 3.23. The monoisotopic (exact) mass is 468 g/mol. The van der Waals surface area contributed by atoms with E-state index in [1.807, 2.05) is 30.3 Å². The number of hydrogen-bond donors (Lipinski definition) is 1. The van der Waals surface area contributed by atoms with Gasteiger partial charge in [0.15, 0.2) is 5.78 Å². The summed E-state index contributed by atoms with van der Waals surface area (Å²) in [5, 5.41) is 6.60. The van der Waals surface area contributed by atoms with E-state index < -0.39 is 24.1 Å². The third kappa shape index (κ3) is 5.45. The first kappa shape index (κ1) is 23.5. The molecule has 2 aromatic rings. The summed E-state index contributed by atoms with van der Waals surface area (Å²) in [5.74, 6) is -0.690. The number of nitrogens with zero attached hydrogens (tertiary/aromatic N) is 5. The Morgan fingerprint density at radius 3 is 2.88 bits per heavy atom. The fourth-order valence-corrected chi connectivity index (χ4v) is 4.07. The number of carbonyl (C=O) groups is 2. The molecule has 0 saturated carbocycles. The highest BCUT2D eigenvalue weighted by molar-refractivity contribution is 5.91. The molecular formula is C23H25FN6O4. The predicted molar refractivity (Wildman–Crippen MR) is 123 cm³/mol. The number of hydrogen-bond acceptors (Lipinski definition) is 7. The van der Waals surface area contributed by atoms with Crippen molar-refractivity contribution < 1.29 is 23.5 Å². The van der Waals surface area contributed by atoms with Crippen LogP contribution in [0.25, 0.3) is 10.4 Å². The van der Waals surface area contributed by atoms with Gasteiger partial charge < -0.3 is 19.7 Å². The standard InChI is InChI=1S/C23H25FN6O4/c24-19-10-17(30-13-18(11-27-28-25)34-23(30)32)6-7-20(19)29-9-8-26-12-21(29)22(31)15-33-14-16-4-2-1-3-5-16/h1-7,10,18,21,26H,8-9,11-15H2/t18-,21?/m0/s1. The lowest BCUT2D eigenvalue weighted by molar-refractivity contribution is -0.125. The highest BCUT2D eigenvalue weighted by Crippen LogP contribution is 2.29. The molecule has 2 atom stereocenters. The van der Waals surface area contributed by atoms with Gasteiger partial charge in [-0.15, -0.1) is 0 Å². The minimum Gasteiger partial charge on any atom is -0.444 e. The second kappa shape index (κ2) is 11.0. The molecule has 2 aliphatic heterocycles. The lowest BCUT2D eigenvalue weighted by Gasteiger charge is -2.37. The van der Waals surface area contributed by atoms with E-state index in [-0.39, 0.29) is 31.2 Å². The van der Waals surface area contributed by atoms with Crippen LogP contribution >= 0.6 is 0 Å². The van der Waals surface area contributed by atoms with Crippen molar-refractivity contribution in [2.45, 2.75) is 18.8 Å². The van der Waals surface area contributed by atoms with Gasteiger partial charge in [0.05, 0.1) is 31.1 Å². The molecule has 0 radical (unpaired) electrons. The number of azide groups is 1. The van der Waals surface area contributed by atoms with E-state index in [4.69, 9.17) is 15.0 Å². The summed E-state index contributed by atoms with van der Waals surface area (Å²) in [6.07, 6.45) is -1.21. The first-order valence-corrected chi connectivity index (χ1v) is 11.0. The molecule has 2 saturated heterocycles. The van der Waals surface area contributed by atoms with Gasteiger partial charge in [-0.2, -0.15) is 0 Å². The van der Waals surface area contributed by atoms with Crippen LogP contribution in [0.1, 0.15) is 5.56 Å². The molecular weight excluding hydrogens is 443 g/mol. The Kier molecular flexibility index (Phi) is 7.58. The topological polar surface area (TPSA) is 120 Å². The molecule has 2 fully saturated rings. The molecule has 1 amide bonds. The molecule has 10 nitrogen and oxygen atoms in total. The smallest absolute Gasteiger partial charge is 0.414 e. The Morgan fingerprint density at radius 1 is 1.29 bits per heavy atom. The van der Waals surface area contributed by atoms with Gasteiger partial charge in [0.25, 0.3) is 0 Å². The van der Waals surface area contributed by atoms with Gasteiger partial charge in [0.2, 0.25) is 0 Å². The summed E-state index contributed by atoms with van der Waals surface area (Å²) in [6, 6.07) is 13.4. The average molecular weight is 468 g/mol. The molecule has 2 aliphatic rings. The molecule has 0 aliphatic carbocycles. The highest BCUT2D eigenvalue weighted by atomic mass is 19.1. The first-order chi connectivity index (χ1) is 16.6. The zero-order valence-electron chi connectivity index (χ0n) is 18.5. The second-order valence-corrected chi connectivity index (χ2v) is 8.02. The van der Waals surface area contributed by atoms with Crippen molar-refractivity contribution in [1.82, 2.24) is 5.32 Å². The number of ether oxygens (including phenoxy) is 2. The lowest BCUT2D eigenvalue weighted by Crippen LogP contribution is -2.56. The Labute approximate surface area is 195 Å². The number of anilines is 2. The minimum absolute atomic E-state index is 0.0101. The first-order valence-electron chi connectivity index (χ1n) is 11.0. The zero-order chi connectivity index (χ0) is 23.9. The number of carbonyl (C=O) groups excluding carboxylic acids is 2. The van der Waals surface area contributed by atoms with E-state index in [1.54, 1.807) is 17.0 Å². The molecule has 2 aromatic carbocycles. The molecule has 0 aromatic heterocycles. The van der Waals surface area contributed by atoms with Crippen LogP contribution in [-0.4, -0.2) is 63.4 Å². The number of nitrogens with one attached hydrogen (secondary N) is 1. The molecule has 1 N–H and O–H groups in total. The number of rotatable bonds is 9. The van der Waals surface area contributed by atoms with Crippen molar-refractivity contribution in [3.05, 3.63) is 70.4 Å². The van der Waals surface area contributed by atoms with Crippen LogP contribution in [0, 0.1) is 5.82 Å². The van der Waals surface area contributed by atoms with Crippen molar-refractivity contribution in [2.75, 3.05) is 49.1 Å². The van der Waals surface area contributed by atoms with Gasteiger partial charge in [0.1, 0.15) is 24.6 Å². The van der Waals surface area contributed by atoms with E-state index in [2.05, 4.69) is 15.3 Å². The molecule has 34 heavy (non-hydrogen) atoms. The van der Waals surface area contributed by atoms with Gasteiger partial charge in [-0.25, -0.2) is 9.18 Å². The van der Waals surface area contributed by atoms with Crippen molar-refractivity contribution in [1.29, 1.82) is 0 Å². The molecule has 178 valence electrons. The van der Waals surface area contributed by atoms with Crippen molar-refractivity contribution in [2.24, 2.45) is 5.11 Å². The Balaban J connectivity index is 1.42. The largest absolute Gasteiger partial charge is 0.444 e. The lowest BCUT2D eigenvalue weighted by atomic mass is 10.1. The number of piperazine rings is 1. The van der Waals surface area contributed by atoms with Gasteiger partial charge in [-0.3, -0.25) is 9.69 Å². The molecule has 0 spiro atoms. The molecule has 1 unspecified atom stereocenters. The van der Waals surface area contributed by atoms with Gasteiger partial charge in [0, 0.05) is 24.5 Å². The van der Waals surface area contributed by atoms with Gasteiger partial charge in [-0.05, 0) is 29.3 Å². The molecule has 0 bridgehead atoms. The predicted octanol–water partition coefficient (Wildman–Crippen LogP) is 3.03. The van der Waals surface area contributed by atoms with E-state index in [9.17, 15) is 9.59 Å². The normalized spacial score (nSPS) is 20.1. The maximum atomic E-state index is 15.2. The van der Waals surface area contributed by atoms with Crippen LogP contribution in [0.3, 0.4) is 0 Å². The second-order valence-electron chi connectivity index (χ2n) is 8.02. The number of amides is 1. The van der Waals surface area contributed by atoms with Crippen molar-refractivity contribution in [3.8, 4) is 0 Å². The fourth-order valence-electron chi connectivity index (χ4n) is 4.07. The Bertz CT molecular complexity index is 1080. The molecule has 4 rings (SSSR count). The van der Waals surface area contributed by atoms with Gasteiger partial charge >= 0.3 is 6.09 Å². The third-order valence-electron chi connectivity index (χ3n) is 5.75. The Hall–Kier alpha value is -3.66. The summed E-state index contributed by atoms with van der Waals surface area (Å²) < 4.78 is 25.9. The quantitative estimate of drug-likeness (QED) is 0.343. The third-order valence-corrected chi connectivity index (χ3v) is 5.75. The number of cyclic esters (lactones) is 1. The van der Waals surface area contributed by atoms with E-state index in [0.29, 0.717) is 31.9 Å². The molecule has 11 heteroatoms. The van der Waals surface area contributed by atoms with E-state index >= 15 is 4.39 Å². The Morgan fingerprint density at radius 2 is 2.12 bits per heavy atom. The maximum absolute atomic E-state index is 15.2. The highest BCUT2D eigenvalue weighted by Gasteiger charge is 2.34. The maximum Gasteiger partial charge on any atom is 0.414 e. The summed E-state index contributed by atoms with van der Waals surface area (Å²) in [4.78, 5) is 30.7. The van der Waals surface area contributed by atoms with Crippen LogP contribution in [0.5, 0.6) is 0 Å². The number of ketones is 1. The van der Waals surface area contributed by atoms with E-state index in [0.717, 1.165) is 5.56 Å². The number of halogens is 1.